The van der Waals surface area contributed by atoms with E-state index in [-0.39, 0.29) is 11.6 Å². The summed E-state index contributed by atoms with van der Waals surface area (Å²) in [6, 6.07) is 2.14. The molecule has 0 fully saturated rings. The largest absolute Gasteiger partial charge is 0.379 e. The number of methoxy groups -OCH3 is 1. The van der Waals surface area contributed by atoms with Crippen molar-refractivity contribution in [2.24, 2.45) is 5.73 Å². The lowest BCUT2D eigenvalue weighted by Gasteiger charge is -2.26. The normalized spacial score (nSPS) is 13.8. The smallest absolute Gasteiger partial charge is 0.0637 e. The van der Waals surface area contributed by atoms with Crippen LogP contribution in [-0.4, -0.2) is 23.7 Å². The Bertz CT molecular complexity index is 342. The molecule has 4 heteroatoms. The fraction of sp³-hybridized carbons (Fsp3) is 0.583. The Balaban J connectivity index is 2.55. The average molecular weight is 287 g/mol. The van der Waals surface area contributed by atoms with Gasteiger partial charge in [0, 0.05) is 30.0 Å². The standard InChI is InChI=1S/C12H19BrN2O/c1-12(2,16-3)6-11(14)5-9-4-10(13)8-15-7-9/h4,7-8,11H,5-6,14H2,1-3H3. The number of hydrogen-bond donors (Lipinski definition) is 1. The number of aromatic nitrogens is 1. The second-order valence-corrected chi connectivity index (χ2v) is 5.56. The third-order valence-electron chi connectivity index (χ3n) is 2.57. The minimum atomic E-state index is -0.168. The minimum absolute atomic E-state index is 0.0889. The van der Waals surface area contributed by atoms with E-state index in [1.165, 1.54) is 0 Å². The van der Waals surface area contributed by atoms with Crippen LogP contribution in [0.15, 0.2) is 22.9 Å². The van der Waals surface area contributed by atoms with Crippen molar-refractivity contribution in [1.82, 2.24) is 4.98 Å². The second-order valence-electron chi connectivity index (χ2n) is 4.64. The lowest BCUT2D eigenvalue weighted by Crippen LogP contribution is -2.35. The summed E-state index contributed by atoms with van der Waals surface area (Å²) < 4.78 is 6.35. The first kappa shape index (κ1) is 13.6. The van der Waals surface area contributed by atoms with Crippen LogP contribution in [0.1, 0.15) is 25.8 Å². The first-order chi connectivity index (χ1) is 7.43. The van der Waals surface area contributed by atoms with Crippen molar-refractivity contribution in [2.45, 2.75) is 38.3 Å². The minimum Gasteiger partial charge on any atom is -0.379 e. The van der Waals surface area contributed by atoms with E-state index in [1.807, 2.05) is 26.1 Å². The van der Waals surface area contributed by atoms with Crippen LogP contribution in [0.2, 0.25) is 0 Å². The zero-order valence-electron chi connectivity index (χ0n) is 10.0. The first-order valence-electron chi connectivity index (χ1n) is 5.33. The van der Waals surface area contributed by atoms with Gasteiger partial charge in [-0.3, -0.25) is 4.98 Å². The van der Waals surface area contributed by atoms with E-state index in [4.69, 9.17) is 10.5 Å². The maximum atomic E-state index is 6.09. The summed E-state index contributed by atoms with van der Waals surface area (Å²) in [5.74, 6) is 0. The SMILES string of the molecule is COC(C)(C)CC(N)Cc1cncc(Br)c1. The molecule has 2 N–H and O–H groups in total. The van der Waals surface area contributed by atoms with Crippen molar-refractivity contribution < 1.29 is 4.74 Å². The van der Waals surface area contributed by atoms with Crippen LogP contribution in [-0.2, 0) is 11.2 Å². The molecule has 3 nitrogen and oxygen atoms in total. The van der Waals surface area contributed by atoms with Crippen molar-refractivity contribution >= 4 is 15.9 Å². The van der Waals surface area contributed by atoms with E-state index in [2.05, 4.69) is 20.9 Å². The second kappa shape index (κ2) is 5.75. The fourth-order valence-electron chi connectivity index (χ4n) is 1.66. The molecule has 0 spiro atoms. The Morgan fingerprint density at radius 2 is 2.19 bits per heavy atom. The summed E-state index contributed by atoms with van der Waals surface area (Å²) in [5, 5.41) is 0. The molecular formula is C12H19BrN2O. The molecule has 0 saturated heterocycles. The molecule has 0 aromatic carbocycles. The Kier molecular flexibility index (Phi) is 4.89. The molecule has 1 unspecified atom stereocenters. The Morgan fingerprint density at radius 1 is 1.50 bits per heavy atom. The highest BCUT2D eigenvalue weighted by molar-refractivity contribution is 9.10. The van der Waals surface area contributed by atoms with E-state index in [9.17, 15) is 0 Å². The van der Waals surface area contributed by atoms with Gasteiger partial charge >= 0.3 is 0 Å². The number of pyridine rings is 1. The summed E-state index contributed by atoms with van der Waals surface area (Å²) in [5.41, 5.74) is 7.07. The molecular weight excluding hydrogens is 268 g/mol. The van der Waals surface area contributed by atoms with Crippen molar-refractivity contribution in [3.05, 3.63) is 28.5 Å². The Labute approximate surface area is 106 Å². The van der Waals surface area contributed by atoms with Gasteiger partial charge in [-0.05, 0) is 54.2 Å². The quantitative estimate of drug-likeness (QED) is 0.905. The molecule has 1 heterocycles. The molecule has 0 aliphatic heterocycles. The van der Waals surface area contributed by atoms with E-state index in [1.54, 1.807) is 13.3 Å². The molecule has 0 aliphatic rings. The number of ether oxygens (including phenoxy) is 1. The topological polar surface area (TPSA) is 48.1 Å². The van der Waals surface area contributed by atoms with E-state index >= 15 is 0 Å². The van der Waals surface area contributed by atoms with Gasteiger partial charge in [0.05, 0.1) is 5.60 Å². The number of halogens is 1. The van der Waals surface area contributed by atoms with Crippen LogP contribution in [0, 0.1) is 0 Å². The molecule has 90 valence electrons. The van der Waals surface area contributed by atoms with Crippen LogP contribution in [0.3, 0.4) is 0 Å². The van der Waals surface area contributed by atoms with Gasteiger partial charge in [0.25, 0.3) is 0 Å². The molecule has 0 bridgehead atoms. The van der Waals surface area contributed by atoms with Gasteiger partial charge in [-0.25, -0.2) is 0 Å². The van der Waals surface area contributed by atoms with Gasteiger partial charge in [-0.1, -0.05) is 0 Å². The highest BCUT2D eigenvalue weighted by Gasteiger charge is 2.20. The number of nitrogens with two attached hydrogens (primary N) is 1. The van der Waals surface area contributed by atoms with Crippen LogP contribution >= 0.6 is 15.9 Å². The van der Waals surface area contributed by atoms with Crippen LogP contribution in [0.5, 0.6) is 0 Å². The Morgan fingerprint density at radius 3 is 2.75 bits per heavy atom. The fourth-order valence-corrected chi connectivity index (χ4v) is 2.07. The van der Waals surface area contributed by atoms with Crippen molar-refractivity contribution in [3.8, 4) is 0 Å². The maximum Gasteiger partial charge on any atom is 0.0637 e. The number of nitrogens with zero attached hydrogens (tertiary/aromatic N) is 1. The molecule has 0 aliphatic carbocycles. The monoisotopic (exact) mass is 286 g/mol. The van der Waals surface area contributed by atoms with Crippen molar-refractivity contribution in [2.75, 3.05) is 7.11 Å². The number of hydrogen-bond acceptors (Lipinski definition) is 3. The van der Waals surface area contributed by atoms with Gasteiger partial charge in [0.15, 0.2) is 0 Å². The summed E-state index contributed by atoms with van der Waals surface area (Å²) in [6.45, 7) is 4.10. The zero-order valence-corrected chi connectivity index (χ0v) is 11.6. The predicted octanol–water partition coefficient (Wildman–Crippen LogP) is 2.53. The van der Waals surface area contributed by atoms with E-state index in [0.717, 1.165) is 22.9 Å². The third kappa shape index (κ3) is 4.60. The molecule has 1 aromatic heterocycles. The third-order valence-corrected chi connectivity index (χ3v) is 3.00. The molecule has 1 aromatic rings. The summed E-state index contributed by atoms with van der Waals surface area (Å²) in [6.07, 6.45) is 5.27. The van der Waals surface area contributed by atoms with Gasteiger partial charge in [0.2, 0.25) is 0 Å². The first-order valence-corrected chi connectivity index (χ1v) is 6.12. The number of rotatable bonds is 5. The van der Waals surface area contributed by atoms with Crippen LogP contribution in [0.4, 0.5) is 0 Å². The summed E-state index contributed by atoms with van der Waals surface area (Å²) in [4.78, 5) is 4.12. The molecule has 1 rings (SSSR count). The summed E-state index contributed by atoms with van der Waals surface area (Å²) >= 11 is 3.40. The predicted molar refractivity (Wildman–Crippen MR) is 69.3 cm³/mol. The lowest BCUT2D eigenvalue weighted by molar-refractivity contribution is 0.0102. The highest BCUT2D eigenvalue weighted by atomic mass is 79.9. The van der Waals surface area contributed by atoms with Gasteiger partial charge < -0.3 is 10.5 Å². The molecule has 0 amide bonds. The van der Waals surface area contributed by atoms with Gasteiger partial charge in [0.1, 0.15) is 0 Å². The molecule has 16 heavy (non-hydrogen) atoms. The molecule has 0 radical (unpaired) electrons. The van der Waals surface area contributed by atoms with E-state index in [0.29, 0.717) is 0 Å². The molecule has 1 atom stereocenters. The maximum absolute atomic E-state index is 6.09. The molecule has 0 saturated carbocycles. The van der Waals surface area contributed by atoms with Crippen LogP contribution < -0.4 is 5.73 Å². The highest BCUT2D eigenvalue weighted by Crippen LogP contribution is 2.18. The summed E-state index contributed by atoms with van der Waals surface area (Å²) in [7, 11) is 1.72. The van der Waals surface area contributed by atoms with Gasteiger partial charge in [-0.15, -0.1) is 0 Å². The van der Waals surface area contributed by atoms with Crippen molar-refractivity contribution in [1.29, 1.82) is 0 Å². The van der Waals surface area contributed by atoms with E-state index < -0.39 is 0 Å². The zero-order chi connectivity index (χ0) is 12.2. The van der Waals surface area contributed by atoms with Crippen LogP contribution in [0.25, 0.3) is 0 Å². The average Bonchev–Trinajstić information content (AvgIpc) is 2.16. The van der Waals surface area contributed by atoms with Crippen molar-refractivity contribution in [3.63, 3.8) is 0 Å². The Hall–Kier alpha value is -0.450. The van der Waals surface area contributed by atoms with Gasteiger partial charge in [-0.2, -0.15) is 0 Å². The lowest BCUT2D eigenvalue weighted by atomic mass is 9.95.